The van der Waals surface area contributed by atoms with Gasteiger partial charge in [-0.1, -0.05) is 42.5 Å². The maximum absolute atomic E-state index is 4.80. The van der Waals surface area contributed by atoms with Crippen LogP contribution in [0.3, 0.4) is 0 Å². The number of fused-ring (bicyclic) bond motifs is 2. The molecule has 0 aliphatic rings. The molecule has 0 atom stereocenters. The van der Waals surface area contributed by atoms with Crippen molar-refractivity contribution in [2.45, 2.75) is 13.8 Å². The number of aryl methyl sites for hydroxylation is 2. The second-order valence-electron chi connectivity index (χ2n) is 6.42. The van der Waals surface area contributed by atoms with E-state index in [0.717, 1.165) is 45.0 Å². The molecule has 126 valence electrons. The summed E-state index contributed by atoms with van der Waals surface area (Å²) in [6.07, 6.45) is 1.85. The van der Waals surface area contributed by atoms with Crippen LogP contribution in [0.4, 0.5) is 0 Å². The number of benzene rings is 2. The van der Waals surface area contributed by atoms with Crippen molar-refractivity contribution in [1.82, 2.24) is 24.1 Å². The molecule has 0 aliphatic carbocycles. The van der Waals surface area contributed by atoms with Crippen molar-refractivity contribution in [3.63, 3.8) is 0 Å². The number of hydrogen-bond donors (Lipinski definition) is 0. The lowest BCUT2D eigenvalue weighted by atomic mass is 10.1. The zero-order chi connectivity index (χ0) is 17.7. The smallest absolute Gasteiger partial charge is 0.165 e. The average Bonchev–Trinajstić information content (AvgIpc) is 3.22. The lowest BCUT2D eigenvalue weighted by molar-refractivity contribution is 0.846. The van der Waals surface area contributed by atoms with E-state index in [1.54, 1.807) is 0 Å². The number of aromatic nitrogens is 5. The van der Waals surface area contributed by atoms with Gasteiger partial charge in [-0.2, -0.15) is 9.61 Å². The Morgan fingerprint density at radius 1 is 0.885 bits per heavy atom. The van der Waals surface area contributed by atoms with Crippen molar-refractivity contribution in [2.24, 2.45) is 0 Å². The minimum Gasteiger partial charge on any atom is -0.283 e. The third-order valence-electron chi connectivity index (χ3n) is 4.64. The molecule has 3 aromatic heterocycles. The molecule has 5 rings (SSSR count). The van der Waals surface area contributed by atoms with Gasteiger partial charge in [0.25, 0.3) is 0 Å². The summed E-state index contributed by atoms with van der Waals surface area (Å²) < 4.78 is 3.98. The number of nitrogens with zero attached hydrogens (tertiary/aromatic N) is 5. The Morgan fingerprint density at radius 2 is 1.65 bits per heavy atom. The molecule has 0 unspecified atom stereocenters. The second-order valence-corrected chi connectivity index (χ2v) is 6.42. The highest BCUT2D eigenvalue weighted by atomic mass is 15.3. The van der Waals surface area contributed by atoms with Crippen LogP contribution >= 0.6 is 0 Å². The van der Waals surface area contributed by atoms with Crippen LogP contribution in [0.5, 0.6) is 0 Å². The average molecular weight is 339 g/mol. The van der Waals surface area contributed by atoms with E-state index in [9.17, 15) is 0 Å². The Morgan fingerprint density at radius 3 is 2.50 bits per heavy atom. The monoisotopic (exact) mass is 339 g/mol. The summed E-state index contributed by atoms with van der Waals surface area (Å²) in [7, 11) is 0. The van der Waals surface area contributed by atoms with E-state index in [-0.39, 0.29) is 0 Å². The van der Waals surface area contributed by atoms with Crippen LogP contribution in [-0.4, -0.2) is 24.1 Å². The van der Waals surface area contributed by atoms with Gasteiger partial charge in [0, 0.05) is 17.3 Å². The van der Waals surface area contributed by atoms with Crippen LogP contribution in [0.1, 0.15) is 11.4 Å². The lowest BCUT2D eigenvalue weighted by Gasteiger charge is -2.09. The van der Waals surface area contributed by atoms with Crippen molar-refractivity contribution in [3.05, 3.63) is 78.4 Å². The van der Waals surface area contributed by atoms with E-state index in [2.05, 4.69) is 27.8 Å². The molecule has 5 heteroatoms. The molecule has 0 saturated carbocycles. The largest absolute Gasteiger partial charge is 0.283 e. The summed E-state index contributed by atoms with van der Waals surface area (Å²) in [5.74, 6) is 0.937. The van der Waals surface area contributed by atoms with Crippen molar-refractivity contribution in [2.75, 3.05) is 0 Å². The first-order valence-electron chi connectivity index (χ1n) is 8.57. The van der Waals surface area contributed by atoms with Gasteiger partial charge in [-0.05, 0) is 31.5 Å². The van der Waals surface area contributed by atoms with Crippen molar-refractivity contribution in [3.8, 4) is 16.9 Å². The topological polar surface area (TPSA) is 48.0 Å². The predicted octanol–water partition coefficient (Wildman–Crippen LogP) is 4.35. The molecule has 0 radical (unpaired) electrons. The first kappa shape index (κ1) is 14.8. The molecule has 0 amide bonds. The summed E-state index contributed by atoms with van der Waals surface area (Å²) >= 11 is 0. The number of para-hydroxylation sites is 2. The quantitative estimate of drug-likeness (QED) is 0.480. The molecule has 0 bridgehead atoms. The Hall–Kier alpha value is -3.47. The molecule has 5 aromatic rings. The van der Waals surface area contributed by atoms with E-state index in [0.29, 0.717) is 0 Å². The molecular formula is C21H17N5. The molecule has 0 saturated heterocycles. The Balaban J connectivity index is 1.85. The van der Waals surface area contributed by atoms with Crippen molar-refractivity contribution >= 4 is 16.7 Å². The van der Waals surface area contributed by atoms with E-state index in [1.165, 1.54) is 0 Å². The fraction of sp³-hybridized carbons (Fsp3) is 0.0952. The van der Waals surface area contributed by atoms with Crippen LogP contribution in [0.25, 0.3) is 33.6 Å². The molecule has 0 aliphatic heterocycles. The minimum atomic E-state index is 0.862. The third kappa shape index (κ3) is 2.14. The van der Waals surface area contributed by atoms with Gasteiger partial charge >= 0.3 is 0 Å². The van der Waals surface area contributed by atoms with Gasteiger partial charge in [-0.25, -0.2) is 9.97 Å². The van der Waals surface area contributed by atoms with Gasteiger partial charge in [0.2, 0.25) is 0 Å². The maximum atomic E-state index is 4.80. The maximum Gasteiger partial charge on any atom is 0.165 e. The van der Waals surface area contributed by atoms with Crippen LogP contribution < -0.4 is 0 Å². The van der Waals surface area contributed by atoms with Crippen LogP contribution in [0.2, 0.25) is 0 Å². The van der Waals surface area contributed by atoms with Gasteiger partial charge in [0.1, 0.15) is 12.1 Å². The first-order valence-corrected chi connectivity index (χ1v) is 8.57. The number of hydrogen-bond acceptors (Lipinski definition) is 3. The third-order valence-corrected chi connectivity index (χ3v) is 4.64. The predicted molar refractivity (Wildman–Crippen MR) is 103 cm³/mol. The Labute approximate surface area is 150 Å². The normalized spacial score (nSPS) is 11.5. The highest BCUT2D eigenvalue weighted by molar-refractivity contribution is 5.81. The molecule has 3 heterocycles. The van der Waals surface area contributed by atoms with Crippen molar-refractivity contribution in [1.29, 1.82) is 0 Å². The zero-order valence-electron chi connectivity index (χ0n) is 14.6. The highest BCUT2D eigenvalue weighted by Crippen LogP contribution is 2.29. The zero-order valence-corrected chi connectivity index (χ0v) is 14.6. The van der Waals surface area contributed by atoms with E-state index >= 15 is 0 Å². The molecular weight excluding hydrogens is 322 g/mol. The van der Waals surface area contributed by atoms with E-state index < -0.39 is 0 Å². The molecule has 0 N–H and O–H groups in total. The summed E-state index contributed by atoms with van der Waals surface area (Å²) in [5, 5.41) is 4.80. The standard InChI is InChI=1S/C21H17N5/c1-14-12-19(25-13-22-17-10-6-7-11-18(17)25)26-21(23-14)20(15(2)24-26)16-8-4-3-5-9-16/h3-13H,1-2H3. The minimum absolute atomic E-state index is 0.862. The van der Waals surface area contributed by atoms with Crippen LogP contribution in [-0.2, 0) is 0 Å². The first-order chi connectivity index (χ1) is 12.7. The molecule has 5 nitrogen and oxygen atoms in total. The summed E-state index contributed by atoms with van der Waals surface area (Å²) in [5.41, 5.74) is 6.97. The van der Waals surface area contributed by atoms with Gasteiger partial charge in [-0.15, -0.1) is 0 Å². The molecule has 26 heavy (non-hydrogen) atoms. The van der Waals surface area contributed by atoms with Gasteiger partial charge in [0.15, 0.2) is 5.65 Å². The molecule has 0 fully saturated rings. The summed E-state index contributed by atoms with van der Waals surface area (Å²) in [6.45, 7) is 4.04. The van der Waals surface area contributed by atoms with Crippen LogP contribution in [0.15, 0.2) is 67.0 Å². The fourth-order valence-corrected chi connectivity index (χ4v) is 3.48. The Kier molecular flexibility index (Phi) is 3.15. The summed E-state index contributed by atoms with van der Waals surface area (Å²) in [6, 6.07) is 20.4. The van der Waals surface area contributed by atoms with Gasteiger partial charge in [0.05, 0.1) is 16.7 Å². The molecule has 2 aromatic carbocycles. The Bertz CT molecular complexity index is 1250. The summed E-state index contributed by atoms with van der Waals surface area (Å²) in [4.78, 5) is 9.31. The van der Waals surface area contributed by atoms with Gasteiger partial charge < -0.3 is 0 Å². The van der Waals surface area contributed by atoms with E-state index in [4.69, 9.17) is 10.1 Å². The molecule has 0 spiro atoms. The SMILES string of the molecule is Cc1cc(-n2cnc3ccccc32)n2nc(C)c(-c3ccccc3)c2n1. The van der Waals surface area contributed by atoms with E-state index in [1.807, 2.05) is 67.2 Å². The fourth-order valence-electron chi connectivity index (χ4n) is 3.48. The van der Waals surface area contributed by atoms with Gasteiger partial charge in [-0.3, -0.25) is 4.57 Å². The van der Waals surface area contributed by atoms with Crippen molar-refractivity contribution < 1.29 is 0 Å². The second kappa shape index (κ2) is 5.52. The number of rotatable bonds is 2. The lowest BCUT2D eigenvalue weighted by Crippen LogP contribution is -2.05. The highest BCUT2D eigenvalue weighted by Gasteiger charge is 2.17. The number of imidazole rings is 1. The van der Waals surface area contributed by atoms with Crippen LogP contribution in [0, 0.1) is 13.8 Å².